The standard InChI is InChI=1S/C14H18O4/c1-17-9-10-3-4-11(18-2)7-12(10)14(5-6-14)8-13(15)16/h3-4,7H,5-6,8-9H2,1-2H3,(H,15,16). The van der Waals surface area contributed by atoms with Crippen molar-refractivity contribution in [2.45, 2.75) is 31.3 Å². The summed E-state index contributed by atoms with van der Waals surface area (Å²) in [4.78, 5) is 11.0. The summed E-state index contributed by atoms with van der Waals surface area (Å²) in [7, 11) is 3.26. The van der Waals surface area contributed by atoms with Crippen molar-refractivity contribution in [3.8, 4) is 5.75 Å². The lowest BCUT2D eigenvalue weighted by molar-refractivity contribution is -0.137. The Morgan fingerprint density at radius 3 is 2.61 bits per heavy atom. The van der Waals surface area contributed by atoms with Crippen LogP contribution in [0.2, 0.25) is 0 Å². The number of carbonyl (C=O) groups is 1. The van der Waals surface area contributed by atoms with Crippen LogP contribution in [0.25, 0.3) is 0 Å². The largest absolute Gasteiger partial charge is 0.497 e. The van der Waals surface area contributed by atoms with Crippen LogP contribution in [0.5, 0.6) is 5.75 Å². The van der Waals surface area contributed by atoms with Gasteiger partial charge in [-0.05, 0) is 36.1 Å². The Hall–Kier alpha value is -1.55. The average Bonchev–Trinajstić information content (AvgIpc) is 3.10. The van der Waals surface area contributed by atoms with E-state index >= 15 is 0 Å². The van der Waals surface area contributed by atoms with Gasteiger partial charge in [-0.1, -0.05) is 6.07 Å². The van der Waals surface area contributed by atoms with Crippen molar-refractivity contribution in [3.05, 3.63) is 29.3 Å². The molecule has 2 rings (SSSR count). The molecule has 4 heteroatoms. The van der Waals surface area contributed by atoms with E-state index in [-0.39, 0.29) is 11.8 Å². The van der Waals surface area contributed by atoms with Crippen LogP contribution in [-0.4, -0.2) is 25.3 Å². The number of carboxylic acids is 1. The summed E-state index contributed by atoms with van der Waals surface area (Å²) in [5.74, 6) is 0.0141. The number of benzene rings is 1. The number of rotatable bonds is 6. The Kier molecular flexibility index (Phi) is 3.57. The summed E-state index contributed by atoms with van der Waals surface area (Å²) < 4.78 is 10.4. The van der Waals surface area contributed by atoms with Gasteiger partial charge in [0.05, 0.1) is 20.1 Å². The molecule has 0 spiro atoms. The third-order valence-electron chi connectivity index (χ3n) is 3.53. The maximum absolute atomic E-state index is 11.0. The molecule has 1 aliphatic rings. The highest BCUT2D eigenvalue weighted by atomic mass is 16.5. The van der Waals surface area contributed by atoms with Gasteiger partial charge in [0, 0.05) is 12.5 Å². The molecule has 0 unspecified atom stereocenters. The van der Waals surface area contributed by atoms with Gasteiger partial charge in [-0.2, -0.15) is 0 Å². The average molecular weight is 250 g/mol. The molecular formula is C14H18O4. The molecule has 0 saturated heterocycles. The first-order valence-corrected chi connectivity index (χ1v) is 5.99. The van der Waals surface area contributed by atoms with Gasteiger partial charge in [0.15, 0.2) is 0 Å². The van der Waals surface area contributed by atoms with Crippen LogP contribution in [0, 0.1) is 0 Å². The lowest BCUT2D eigenvalue weighted by atomic mass is 9.88. The third-order valence-corrected chi connectivity index (χ3v) is 3.53. The highest BCUT2D eigenvalue weighted by Gasteiger charge is 2.47. The Labute approximate surface area is 107 Å². The van der Waals surface area contributed by atoms with E-state index in [1.807, 2.05) is 18.2 Å². The number of aliphatic carboxylic acids is 1. The minimum Gasteiger partial charge on any atom is -0.497 e. The van der Waals surface area contributed by atoms with E-state index in [1.165, 1.54) is 0 Å². The van der Waals surface area contributed by atoms with E-state index in [0.29, 0.717) is 6.61 Å². The zero-order valence-corrected chi connectivity index (χ0v) is 10.7. The van der Waals surface area contributed by atoms with E-state index < -0.39 is 5.97 Å². The van der Waals surface area contributed by atoms with E-state index in [1.54, 1.807) is 14.2 Å². The third kappa shape index (κ3) is 2.48. The van der Waals surface area contributed by atoms with Crippen LogP contribution >= 0.6 is 0 Å². The fraction of sp³-hybridized carbons (Fsp3) is 0.500. The molecule has 1 aliphatic carbocycles. The molecule has 1 N–H and O–H groups in total. The van der Waals surface area contributed by atoms with Crippen LogP contribution in [-0.2, 0) is 21.6 Å². The first-order chi connectivity index (χ1) is 8.61. The summed E-state index contributed by atoms with van der Waals surface area (Å²) in [5, 5.41) is 9.04. The number of methoxy groups -OCH3 is 2. The van der Waals surface area contributed by atoms with Crippen molar-refractivity contribution in [3.63, 3.8) is 0 Å². The number of carboxylic acid groups (broad SMARTS) is 1. The Balaban J connectivity index is 2.37. The van der Waals surface area contributed by atoms with Gasteiger partial charge < -0.3 is 14.6 Å². The molecule has 1 fully saturated rings. The lowest BCUT2D eigenvalue weighted by Gasteiger charge is -2.18. The monoisotopic (exact) mass is 250 g/mol. The molecule has 1 saturated carbocycles. The Morgan fingerprint density at radius 1 is 1.39 bits per heavy atom. The SMILES string of the molecule is COCc1ccc(OC)cc1C1(CC(=O)O)CC1. The maximum atomic E-state index is 11.0. The molecular weight excluding hydrogens is 232 g/mol. The molecule has 0 amide bonds. The summed E-state index contributed by atoms with van der Waals surface area (Å²) in [6.45, 7) is 0.501. The number of hydrogen-bond acceptors (Lipinski definition) is 3. The number of hydrogen-bond donors (Lipinski definition) is 1. The van der Waals surface area contributed by atoms with Crippen molar-refractivity contribution in [2.24, 2.45) is 0 Å². The smallest absolute Gasteiger partial charge is 0.304 e. The van der Waals surface area contributed by atoms with Crippen molar-refractivity contribution in [2.75, 3.05) is 14.2 Å². The summed E-state index contributed by atoms with van der Waals surface area (Å²) in [5.41, 5.74) is 1.90. The summed E-state index contributed by atoms with van der Waals surface area (Å²) in [6.07, 6.45) is 2.02. The fourth-order valence-corrected chi connectivity index (χ4v) is 2.44. The highest BCUT2D eigenvalue weighted by Crippen LogP contribution is 2.52. The predicted octanol–water partition coefficient (Wildman–Crippen LogP) is 2.35. The minimum atomic E-state index is -0.751. The summed E-state index contributed by atoms with van der Waals surface area (Å²) in [6, 6.07) is 5.79. The van der Waals surface area contributed by atoms with Gasteiger partial charge in [0.1, 0.15) is 5.75 Å². The molecule has 98 valence electrons. The lowest BCUT2D eigenvalue weighted by Crippen LogP contribution is -2.15. The van der Waals surface area contributed by atoms with Gasteiger partial charge in [-0.25, -0.2) is 0 Å². The zero-order chi connectivity index (χ0) is 13.2. The van der Waals surface area contributed by atoms with Crippen molar-refractivity contribution in [1.82, 2.24) is 0 Å². The van der Waals surface area contributed by atoms with Gasteiger partial charge in [-0.3, -0.25) is 4.79 Å². The predicted molar refractivity (Wildman–Crippen MR) is 66.9 cm³/mol. The molecule has 0 bridgehead atoms. The van der Waals surface area contributed by atoms with E-state index in [0.717, 1.165) is 29.7 Å². The molecule has 1 aromatic carbocycles. The van der Waals surface area contributed by atoms with Crippen molar-refractivity contribution in [1.29, 1.82) is 0 Å². The molecule has 0 heterocycles. The van der Waals surface area contributed by atoms with Gasteiger partial charge >= 0.3 is 5.97 Å². The van der Waals surface area contributed by atoms with Gasteiger partial charge in [0.2, 0.25) is 0 Å². The molecule has 0 aliphatic heterocycles. The Bertz CT molecular complexity index is 449. The zero-order valence-electron chi connectivity index (χ0n) is 10.7. The second kappa shape index (κ2) is 4.98. The molecule has 0 atom stereocenters. The maximum Gasteiger partial charge on any atom is 0.304 e. The minimum absolute atomic E-state index is 0.177. The quantitative estimate of drug-likeness (QED) is 0.842. The van der Waals surface area contributed by atoms with Crippen LogP contribution in [0.15, 0.2) is 18.2 Å². The molecule has 1 aromatic rings. The van der Waals surface area contributed by atoms with Gasteiger partial charge in [0.25, 0.3) is 0 Å². The first-order valence-electron chi connectivity index (χ1n) is 5.99. The normalized spacial score (nSPS) is 16.3. The van der Waals surface area contributed by atoms with E-state index in [9.17, 15) is 4.79 Å². The van der Waals surface area contributed by atoms with Crippen LogP contribution < -0.4 is 4.74 Å². The van der Waals surface area contributed by atoms with Crippen molar-refractivity contribution < 1.29 is 19.4 Å². The number of ether oxygens (including phenoxy) is 2. The Morgan fingerprint density at radius 2 is 2.11 bits per heavy atom. The topological polar surface area (TPSA) is 55.8 Å². The molecule has 18 heavy (non-hydrogen) atoms. The van der Waals surface area contributed by atoms with Crippen LogP contribution in [0.4, 0.5) is 0 Å². The van der Waals surface area contributed by atoms with Crippen LogP contribution in [0.1, 0.15) is 30.4 Å². The second-order valence-corrected chi connectivity index (χ2v) is 4.81. The fourth-order valence-electron chi connectivity index (χ4n) is 2.44. The molecule has 0 aromatic heterocycles. The summed E-state index contributed by atoms with van der Waals surface area (Å²) >= 11 is 0. The highest BCUT2D eigenvalue weighted by molar-refractivity contribution is 5.70. The van der Waals surface area contributed by atoms with Crippen molar-refractivity contribution >= 4 is 5.97 Å². The first kappa shape index (κ1) is 12.9. The molecule has 4 nitrogen and oxygen atoms in total. The second-order valence-electron chi connectivity index (χ2n) is 4.81. The van der Waals surface area contributed by atoms with Crippen LogP contribution in [0.3, 0.4) is 0 Å². The molecule has 0 radical (unpaired) electrons. The van der Waals surface area contributed by atoms with E-state index in [4.69, 9.17) is 14.6 Å². The van der Waals surface area contributed by atoms with E-state index in [2.05, 4.69) is 0 Å². The van der Waals surface area contributed by atoms with Gasteiger partial charge in [-0.15, -0.1) is 0 Å².